The number of nitro groups is 1. The van der Waals surface area contributed by atoms with Crippen LogP contribution in [0.5, 0.6) is 11.5 Å². The maximum Gasteiger partial charge on any atom is 0.390 e. The average molecular weight is 414 g/mol. The van der Waals surface area contributed by atoms with Gasteiger partial charge in [0.05, 0.1) is 30.0 Å². The minimum atomic E-state index is -0.554. The second-order valence-corrected chi connectivity index (χ2v) is 6.34. The van der Waals surface area contributed by atoms with Crippen molar-refractivity contribution in [2.75, 3.05) is 13.2 Å². The van der Waals surface area contributed by atoms with E-state index in [4.69, 9.17) is 13.9 Å². The summed E-state index contributed by atoms with van der Waals surface area (Å²) in [5, 5.41) is 17.3. The normalized spacial score (nSPS) is 10.6. The molecule has 0 spiro atoms. The number of hydrogen-bond acceptors (Lipinski definition) is 7. The summed E-state index contributed by atoms with van der Waals surface area (Å²) in [5.74, 6) is 1.48. The molecule has 0 aliphatic heterocycles. The molecule has 10 nitrogen and oxygen atoms in total. The molecule has 0 saturated heterocycles. The van der Waals surface area contributed by atoms with Gasteiger partial charge < -0.3 is 29.3 Å². The molecule has 1 amide bonds. The molecule has 0 atom stereocenters. The number of aromatic nitrogens is 2. The summed E-state index contributed by atoms with van der Waals surface area (Å²) in [6.45, 7) is 4.96. The lowest BCUT2D eigenvalue weighted by Crippen LogP contribution is -2.27. The highest BCUT2D eigenvalue weighted by atomic mass is 16.6. The van der Waals surface area contributed by atoms with E-state index in [-0.39, 0.29) is 30.6 Å². The van der Waals surface area contributed by atoms with E-state index < -0.39 is 4.92 Å². The molecule has 0 unspecified atom stereocenters. The Morgan fingerprint density at radius 3 is 2.53 bits per heavy atom. The first-order valence-electron chi connectivity index (χ1n) is 9.37. The van der Waals surface area contributed by atoms with Crippen LogP contribution >= 0.6 is 0 Å². The molecule has 3 rings (SSSR count). The topological polar surface area (TPSA) is 122 Å². The molecule has 2 aromatic heterocycles. The summed E-state index contributed by atoms with van der Waals surface area (Å²) in [5.41, 5.74) is 0.641. The molecule has 0 saturated carbocycles. The van der Waals surface area contributed by atoms with Gasteiger partial charge in [-0.15, -0.1) is 0 Å². The van der Waals surface area contributed by atoms with E-state index >= 15 is 0 Å². The van der Waals surface area contributed by atoms with Crippen molar-refractivity contribution in [1.29, 1.82) is 0 Å². The molecule has 30 heavy (non-hydrogen) atoms. The molecule has 1 aromatic carbocycles. The number of nitrogens with zero attached hydrogens (tertiary/aromatic N) is 3. The Morgan fingerprint density at radius 2 is 1.90 bits per heavy atom. The highest BCUT2D eigenvalue weighted by molar-refractivity contribution is 5.91. The van der Waals surface area contributed by atoms with E-state index in [1.807, 2.05) is 19.1 Å². The van der Waals surface area contributed by atoms with Gasteiger partial charge in [-0.05, 0) is 55.2 Å². The molecule has 158 valence electrons. The van der Waals surface area contributed by atoms with Gasteiger partial charge in [0, 0.05) is 6.54 Å². The highest BCUT2D eigenvalue weighted by Crippen LogP contribution is 2.19. The van der Waals surface area contributed by atoms with Gasteiger partial charge in [0.15, 0.2) is 5.76 Å². The molecule has 1 N–H and O–H groups in total. The van der Waals surface area contributed by atoms with Crippen molar-refractivity contribution >= 4 is 11.7 Å². The lowest BCUT2D eigenvalue weighted by Gasteiger charge is -2.06. The maximum absolute atomic E-state index is 12.2. The number of aryl methyl sites for hydroxylation is 1. The number of hydrogen-bond donors (Lipinski definition) is 1. The predicted molar refractivity (Wildman–Crippen MR) is 107 cm³/mol. The minimum Gasteiger partial charge on any atom is -0.494 e. The van der Waals surface area contributed by atoms with E-state index in [1.165, 1.54) is 10.7 Å². The number of rotatable bonds is 10. The summed E-state index contributed by atoms with van der Waals surface area (Å²) < 4.78 is 18.0. The van der Waals surface area contributed by atoms with Gasteiger partial charge >= 0.3 is 5.82 Å². The van der Waals surface area contributed by atoms with Crippen molar-refractivity contribution in [2.24, 2.45) is 0 Å². The first-order valence-corrected chi connectivity index (χ1v) is 9.37. The monoisotopic (exact) mass is 414 g/mol. The number of amides is 1. The van der Waals surface area contributed by atoms with E-state index in [0.717, 1.165) is 5.75 Å². The summed E-state index contributed by atoms with van der Waals surface area (Å²) >= 11 is 0. The largest absolute Gasteiger partial charge is 0.494 e. The van der Waals surface area contributed by atoms with Crippen LogP contribution in [0.2, 0.25) is 0 Å². The molecule has 0 aliphatic rings. The zero-order valence-corrected chi connectivity index (χ0v) is 16.7. The van der Waals surface area contributed by atoms with Gasteiger partial charge in [-0.3, -0.25) is 4.79 Å². The predicted octanol–water partition coefficient (Wildman–Crippen LogP) is 3.10. The van der Waals surface area contributed by atoms with Gasteiger partial charge in [-0.1, -0.05) is 0 Å². The molecule has 0 fully saturated rings. The van der Waals surface area contributed by atoms with Crippen LogP contribution in [-0.4, -0.2) is 33.8 Å². The minimum absolute atomic E-state index is 0.156. The fraction of sp³-hybridized carbons (Fsp3) is 0.300. The molecule has 2 heterocycles. The quantitative estimate of drug-likeness (QED) is 0.399. The molecule has 3 aromatic rings. The number of carbonyl (C=O) groups excluding carboxylic acids is 1. The number of carbonyl (C=O) groups is 1. The lowest BCUT2D eigenvalue weighted by atomic mass is 10.3. The maximum atomic E-state index is 12.2. The molecular weight excluding hydrogens is 392 g/mol. The zero-order valence-electron chi connectivity index (χ0n) is 16.7. The second-order valence-electron chi connectivity index (χ2n) is 6.34. The fourth-order valence-electron chi connectivity index (χ4n) is 2.70. The van der Waals surface area contributed by atoms with Crippen LogP contribution in [0.25, 0.3) is 0 Å². The lowest BCUT2D eigenvalue weighted by molar-refractivity contribution is -0.389. The second kappa shape index (κ2) is 9.59. The SMILES string of the molecule is CCOc1ccc(OCc2ccc(C(=O)NCCn3nc([N+](=O)[O-])cc3C)o2)cc1. The van der Waals surface area contributed by atoms with Gasteiger partial charge in [-0.25, -0.2) is 0 Å². The number of nitrogens with one attached hydrogen (secondary N) is 1. The van der Waals surface area contributed by atoms with Gasteiger partial charge in [0.1, 0.15) is 23.9 Å². The molecule has 0 bridgehead atoms. The van der Waals surface area contributed by atoms with Gasteiger partial charge in [0.25, 0.3) is 5.91 Å². The van der Waals surface area contributed by atoms with E-state index in [9.17, 15) is 14.9 Å². The third-order valence-electron chi connectivity index (χ3n) is 4.17. The Labute approximate surface area is 172 Å². The Morgan fingerprint density at radius 1 is 1.20 bits per heavy atom. The average Bonchev–Trinajstić information content (AvgIpc) is 3.35. The fourth-order valence-corrected chi connectivity index (χ4v) is 2.70. The summed E-state index contributed by atoms with van der Waals surface area (Å²) in [6.07, 6.45) is 0. The first kappa shape index (κ1) is 20.9. The number of benzene rings is 1. The third kappa shape index (κ3) is 5.37. The van der Waals surface area contributed by atoms with Crippen molar-refractivity contribution < 1.29 is 23.6 Å². The third-order valence-corrected chi connectivity index (χ3v) is 4.17. The smallest absolute Gasteiger partial charge is 0.390 e. The van der Waals surface area contributed by atoms with Crippen molar-refractivity contribution in [3.8, 4) is 11.5 Å². The Kier molecular flexibility index (Phi) is 6.68. The van der Waals surface area contributed by atoms with Crippen molar-refractivity contribution in [1.82, 2.24) is 15.1 Å². The summed E-state index contributed by atoms with van der Waals surface area (Å²) in [7, 11) is 0. The number of furan rings is 1. The molecule has 10 heteroatoms. The molecule has 0 radical (unpaired) electrons. The molecule has 0 aliphatic carbocycles. The van der Waals surface area contributed by atoms with Crippen LogP contribution in [-0.2, 0) is 13.2 Å². The van der Waals surface area contributed by atoms with Crippen molar-refractivity contribution in [3.05, 3.63) is 69.8 Å². The van der Waals surface area contributed by atoms with Gasteiger partial charge in [-0.2, -0.15) is 4.68 Å². The Hall–Kier alpha value is -3.82. The van der Waals surface area contributed by atoms with Crippen molar-refractivity contribution in [2.45, 2.75) is 27.0 Å². The Bertz CT molecular complexity index is 1010. The van der Waals surface area contributed by atoms with Crippen LogP contribution in [0.15, 0.2) is 46.9 Å². The van der Waals surface area contributed by atoms with E-state index in [1.54, 1.807) is 31.2 Å². The Balaban J connectivity index is 1.47. The van der Waals surface area contributed by atoms with Crippen LogP contribution < -0.4 is 14.8 Å². The standard InChI is InChI=1S/C20H22N4O6/c1-3-28-15-4-6-16(7-5-15)29-13-17-8-9-18(30-17)20(25)21-10-11-23-14(2)12-19(22-23)24(26)27/h4-9,12H,3,10-11,13H2,1-2H3,(H,21,25). The molecular formula is C20H22N4O6. The van der Waals surface area contributed by atoms with Crippen molar-refractivity contribution in [3.63, 3.8) is 0 Å². The number of ether oxygens (including phenoxy) is 2. The zero-order chi connectivity index (χ0) is 21.5. The summed E-state index contributed by atoms with van der Waals surface area (Å²) in [4.78, 5) is 22.4. The van der Waals surface area contributed by atoms with E-state index in [0.29, 0.717) is 30.4 Å². The van der Waals surface area contributed by atoms with E-state index in [2.05, 4.69) is 10.4 Å². The van der Waals surface area contributed by atoms with Crippen LogP contribution in [0.4, 0.5) is 5.82 Å². The van der Waals surface area contributed by atoms with Crippen LogP contribution in [0, 0.1) is 17.0 Å². The van der Waals surface area contributed by atoms with Crippen LogP contribution in [0.3, 0.4) is 0 Å². The highest BCUT2D eigenvalue weighted by Gasteiger charge is 2.16. The first-order chi connectivity index (χ1) is 14.5. The van der Waals surface area contributed by atoms with Crippen LogP contribution in [0.1, 0.15) is 28.9 Å². The summed E-state index contributed by atoms with van der Waals surface area (Å²) in [6, 6.07) is 11.8. The van der Waals surface area contributed by atoms with Gasteiger partial charge in [0.2, 0.25) is 0 Å².